The lowest BCUT2D eigenvalue weighted by molar-refractivity contribution is -0.118. The van der Waals surface area contributed by atoms with E-state index in [0.29, 0.717) is 29.3 Å². The summed E-state index contributed by atoms with van der Waals surface area (Å²) in [5, 5.41) is 5.21. The molecule has 1 aliphatic rings. The summed E-state index contributed by atoms with van der Waals surface area (Å²) in [5.41, 5.74) is 6.06. The summed E-state index contributed by atoms with van der Waals surface area (Å²) in [5.74, 6) is 0.142. The number of furan rings is 1. The van der Waals surface area contributed by atoms with Crippen LogP contribution in [0.3, 0.4) is 0 Å². The summed E-state index contributed by atoms with van der Waals surface area (Å²) >= 11 is 1.47. The zero-order valence-electron chi connectivity index (χ0n) is 27.9. The maximum Gasteiger partial charge on any atom is 0.272 e. The van der Waals surface area contributed by atoms with Gasteiger partial charge in [-0.15, -0.1) is 11.8 Å². The minimum atomic E-state index is -0.516. The second kappa shape index (κ2) is 15.2. The van der Waals surface area contributed by atoms with E-state index in [1.54, 1.807) is 42.5 Å². The smallest absolute Gasteiger partial charge is 0.272 e. The lowest BCUT2D eigenvalue weighted by atomic mass is 10.1. The van der Waals surface area contributed by atoms with Gasteiger partial charge >= 0.3 is 0 Å². The first kappa shape index (κ1) is 33.4. The van der Waals surface area contributed by atoms with Gasteiger partial charge in [0.05, 0.1) is 0 Å². The fourth-order valence-electron chi connectivity index (χ4n) is 5.94. The van der Waals surface area contributed by atoms with Crippen molar-refractivity contribution in [2.45, 2.75) is 23.5 Å². The van der Waals surface area contributed by atoms with E-state index in [4.69, 9.17) is 4.42 Å². The molecule has 7 rings (SSSR count). The molecule has 51 heavy (non-hydrogen) atoms. The van der Waals surface area contributed by atoms with Gasteiger partial charge in [0.1, 0.15) is 22.5 Å². The first-order chi connectivity index (χ1) is 24.9. The molecule has 2 N–H and O–H groups in total. The van der Waals surface area contributed by atoms with Crippen LogP contribution in [0, 0.1) is 6.92 Å². The highest BCUT2D eigenvalue weighted by atomic mass is 32.2. The third-order valence-electron chi connectivity index (χ3n) is 8.62. The lowest BCUT2D eigenvalue weighted by Gasteiger charge is -2.24. The predicted octanol–water partition coefficient (Wildman–Crippen LogP) is 9.09. The molecule has 1 unspecified atom stereocenters. The third kappa shape index (κ3) is 7.87. The number of fused-ring (bicyclic) bond motifs is 1. The summed E-state index contributed by atoms with van der Waals surface area (Å²) in [4.78, 5) is 43.6. The zero-order valence-corrected chi connectivity index (χ0v) is 28.7. The summed E-state index contributed by atoms with van der Waals surface area (Å²) < 4.78 is 6.05. The molecule has 5 aromatic carbocycles. The molecule has 0 fully saturated rings. The molecule has 2 heterocycles. The highest BCUT2D eigenvalue weighted by molar-refractivity contribution is 8.00. The van der Waals surface area contributed by atoms with Crippen molar-refractivity contribution in [1.29, 1.82) is 0 Å². The van der Waals surface area contributed by atoms with Crippen molar-refractivity contribution in [2.24, 2.45) is 0 Å². The van der Waals surface area contributed by atoms with Gasteiger partial charge in [0, 0.05) is 40.0 Å². The third-order valence-corrected chi connectivity index (χ3v) is 9.88. The van der Waals surface area contributed by atoms with E-state index in [-0.39, 0.29) is 11.6 Å². The van der Waals surface area contributed by atoms with Crippen molar-refractivity contribution in [3.8, 4) is 11.3 Å². The van der Waals surface area contributed by atoms with Gasteiger partial charge in [-0.2, -0.15) is 0 Å². The fraction of sp³-hybridized carbons (Fsp3) is 0.0930. The van der Waals surface area contributed by atoms with Crippen LogP contribution in [-0.4, -0.2) is 24.3 Å². The number of para-hydroxylation sites is 1. The van der Waals surface area contributed by atoms with Crippen LogP contribution in [0.15, 0.2) is 161 Å². The van der Waals surface area contributed by atoms with Crippen LogP contribution in [0.25, 0.3) is 17.4 Å². The Hall–Kier alpha value is -6.12. The van der Waals surface area contributed by atoms with E-state index in [0.717, 1.165) is 33.7 Å². The number of nitrogens with zero attached hydrogens (tertiary/aromatic N) is 1. The quantitative estimate of drug-likeness (QED) is 0.111. The molecular formula is C43H35N3O4S. The van der Waals surface area contributed by atoms with Gasteiger partial charge in [-0.1, -0.05) is 96.6 Å². The van der Waals surface area contributed by atoms with E-state index < -0.39 is 17.1 Å². The first-order valence-electron chi connectivity index (χ1n) is 16.7. The number of amides is 3. The first-order valence-corrected chi connectivity index (χ1v) is 17.6. The number of carbonyl (C=O) groups excluding carboxylic acids is 3. The largest absolute Gasteiger partial charge is 0.457 e. The Labute approximate surface area is 301 Å². The predicted molar refractivity (Wildman–Crippen MR) is 203 cm³/mol. The summed E-state index contributed by atoms with van der Waals surface area (Å²) in [6.45, 7) is 2.67. The number of nitrogens with one attached hydrogen (secondary N) is 2. The molecule has 0 saturated heterocycles. The summed E-state index contributed by atoms with van der Waals surface area (Å²) in [6, 6.07) is 45.4. The lowest BCUT2D eigenvalue weighted by Crippen LogP contribution is -2.32. The topological polar surface area (TPSA) is 91.7 Å². The minimum Gasteiger partial charge on any atom is -0.457 e. The van der Waals surface area contributed by atoms with Crippen molar-refractivity contribution < 1.29 is 18.8 Å². The van der Waals surface area contributed by atoms with Gasteiger partial charge < -0.3 is 20.0 Å². The van der Waals surface area contributed by atoms with Crippen molar-refractivity contribution >= 4 is 46.9 Å². The molecule has 0 saturated carbocycles. The maximum atomic E-state index is 14.0. The Balaban J connectivity index is 1.10. The molecule has 0 bridgehead atoms. The van der Waals surface area contributed by atoms with Crippen molar-refractivity contribution in [3.63, 3.8) is 0 Å². The van der Waals surface area contributed by atoms with Crippen LogP contribution in [0.1, 0.15) is 38.1 Å². The Morgan fingerprint density at radius 3 is 2.20 bits per heavy atom. The molecule has 7 nitrogen and oxygen atoms in total. The molecule has 6 aromatic rings. The minimum absolute atomic E-state index is 0.0211. The van der Waals surface area contributed by atoms with Crippen LogP contribution >= 0.6 is 11.8 Å². The van der Waals surface area contributed by atoms with Crippen molar-refractivity contribution in [3.05, 3.63) is 179 Å². The SMILES string of the molecule is Cc1ccc(-c2ccc(C=C(NC(=O)c3ccccc3)C(=O)Nc3ccc(SC(C(=O)N4CCc5ccccc54)c4ccccc4)cc3)o2)cc1. The van der Waals surface area contributed by atoms with E-state index in [2.05, 4.69) is 16.7 Å². The van der Waals surface area contributed by atoms with Gasteiger partial charge in [-0.25, -0.2) is 0 Å². The van der Waals surface area contributed by atoms with Gasteiger partial charge in [0.15, 0.2) is 0 Å². The van der Waals surface area contributed by atoms with Gasteiger partial charge in [0.25, 0.3) is 11.8 Å². The number of anilines is 2. The fourth-order valence-corrected chi connectivity index (χ4v) is 7.02. The van der Waals surface area contributed by atoms with Gasteiger partial charge in [-0.3, -0.25) is 14.4 Å². The van der Waals surface area contributed by atoms with Crippen molar-refractivity contribution in [2.75, 3.05) is 16.8 Å². The molecule has 252 valence electrons. The molecule has 1 atom stereocenters. The normalized spacial score (nSPS) is 13.0. The number of thioether (sulfide) groups is 1. The highest BCUT2D eigenvalue weighted by Gasteiger charge is 2.31. The molecule has 0 spiro atoms. The second-order valence-corrected chi connectivity index (χ2v) is 13.4. The van der Waals surface area contributed by atoms with Crippen LogP contribution in [0.4, 0.5) is 11.4 Å². The van der Waals surface area contributed by atoms with E-state index >= 15 is 0 Å². The van der Waals surface area contributed by atoms with Gasteiger partial charge in [-0.05, 0) is 79.1 Å². The Morgan fingerprint density at radius 1 is 0.765 bits per heavy atom. The van der Waals surface area contributed by atoms with E-state index in [1.165, 1.54) is 23.4 Å². The standard InChI is InChI=1S/C43H35N3O4S/c1-29-16-18-31(19-17-29)39-25-22-35(50-39)28-37(45-41(47)33-13-6-3-7-14-33)42(48)44-34-20-23-36(24-21-34)51-40(32-11-4-2-5-12-32)43(49)46-27-26-30-10-8-9-15-38(30)46/h2-25,28,40H,26-27H2,1H3,(H,44,48)(H,45,47). The molecule has 1 aliphatic heterocycles. The molecule has 8 heteroatoms. The molecule has 1 aromatic heterocycles. The number of hydrogen-bond acceptors (Lipinski definition) is 5. The number of carbonyl (C=O) groups is 3. The number of aryl methyl sites for hydroxylation is 1. The number of hydrogen-bond donors (Lipinski definition) is 2. The summed E-state index contributed by atoms with van der Waals surface area (Å²) in [7, 11) is 0. The van der Waals surface area contributed by atoms with Crippen LogP contribution in [0.5, 0.6) is 0 Å². The highest BCUT2D eigenvalue weighted by Crippen LogP contribution is 2.40. The van der Waals surface area contributed by atoms with E-state index in [9.17, 15) is 14.4 Å². The maximum absolute atomic E-state index is 14.0. The van der Waals surface area contributed by atoms with Crippen LogP contribution in [-0.2, 0) is 16.0 Å². The molecule has 0 aliphatic carbocycles. The Morgan fingerprint density at radius 2 is 1.45 bits per heavy atom. The van der Waals surface area contributed by atoms with Crippen LogP contribution < -0.4 is 15.5 Å². The van der Waals surface area contributed by atoms with Crippen molar-refractivity contribution in [1.82, 2.24) is 5.32 Å². The number of rotatable bonds is 10. The van der Waals surface area contributed by atoms with E-state index in [1.807, 2.05) is 109 Å². The monoisotopic (exact) mass is 689 g/mol. The summed E-state index contributed by atoms with van der Waals surface area (Å²) in [6.07, 6.45) is 2.35. The average Bonchev–Trinajstić information content (AvgIpc) is 3.83. The average molecular weight is 690 g/mol. The molecule has 3 amide bonds. The number of benzene rings is 5. The molecular weight excluding hydrogens is 655 g/mol. The zero-order chi connectivity index (χ0) is 35.2. The Kier molecular flexibility index (Phi) is 9.94. The van der Waals surface area contributed by atoms with Gasteiger partial charge in [0.2, 0.25) is 5.91 Å². The molecule has 0 radical (unpaired) electrons. The Bertz CT molecular complexity index is 2190. The second-order valence-electron chi connectivity index (χ2n) is 12.2. The van der Waals surface area contributed by atoms with Crippen LogP contribution in [0.2, 0.25) is 0 Å².